The Hall–Kier alpha value is -1.68. The van der Waals surface area contributed by atoms with Crippen LogP contribution in [0.4, 0.5) is 10.1 Å². The third-order valence-corrected chi connectivity index (χ3v) is 3.68. The maximum Gasteiger partial charge on any atom is 0.147 e. The molecule has 0 heterocycles. The number of rotatable bonds is 5. The molecule has 2 aromatic carbocycles. The highest BCUT2D eigenvalue weighted by atomic mass is 32.2. The number of anilines is 1. The summed E-state index contributed by atoms with van der Waals surface area (Å²) in [6.07, 6.45) is 0. The van der Waals surface area contributed by atoms with Gasteiger partial charge >= 0.3 is 0 Å². The summed E-state index contributed by atoms with van der Waals surface area (Å²) in [5, 5.41) is 0. The van der Waals surface area contributed by atoms with Gasteiger partial charge in [-0.05, 0) is 42.8 Å². The molecule has 0 aliphatic carbocycles. The number of hydrogen-bond acceptors (Lipinski definition) is 3. The lowest BCUT2D eigenvalue weighted by Crippen LogP contribution is -1.91. The fourth-order valence-electron chi connectivity index (χ4n) is 1.61. The number of benzene rings is 2. The van der Waals surface area contributed by atoms with Crippen molar-refractivity contribution in [2.45, 2.75) is 17.6 Å². The van der Waals surface area contributed by atoms with Crippen LogP contribution < -0.4 is 10.5 Å². The number of ether oxygens (including phenoxy) is 1. The lowest BCUT2D eigenvalue weighted by atomic mass is 10.2. The highest BCUT2D eigenvalue weighted by molar-refractivity contribution is 7.98. The van der Waals surface area contributed by atoms with Gasteiger partial charge in [0, 0.05) is 10.6 Å². The maximum absolute atomic E-state index is 13.3. The Morgan fingerprint density at radius 2 is 1.89 bits per heavy atom. The highest BCUT2D eigenvalue weighted by Crippen LogP contribution is 2.26. The van der Waals surface area contributed by atoms with Crippen molar-refractivity contribution in [1.29, 1.82) is 0 Å². The third-order valence-electron chi connectivity index (χ3n) is 2.61. The Kier molecular flexibility index (Phi) is 4.68. The van der Waals surface area contributed by atoms with E-state index in [4.69, 9.17) is 10.5 Å². The molecule has 0 spiro atoms. The second kappa shape index (κ2) is 6.48. The standard InChI is InChI=1S/C15H16FNOS/c1-2-18-12-5-3-11(4-6-12)10-19-13-7-8-15(17)14(16)9-13/h3-9H,2,10,17H2,1H3. The smallest absolute Gasteiger partial charge is 0.147 e. The molecule has 0 bridgehead atoms. The molecule has 2 N–H and O–H groups in total. The fourth-order valence-corrected chi connectivity index (χ4v) is 2.49. The highest BCUT2D eigenvalue weighted by Gasteiger charge is 2.02. The molecule has 0 atom stereocenters. The predicted molar refractivity (Wildman–Crippen MR) is 78.0 cm³/mol. The lowest BCUT2D eigenvalue weighted by molar-refractivity contribution is 0.340. The zero-order valence-corrected chi connectivity index (χ0v) is 11.5. The first-order chi connectivity index (χ1) is 9.19. The Morgan fingerprint density at radius 1 is 1.16 bits per heavy atom. The number of halogens is 1. The van der Waals surface area contributed by atoms with Crippen molar-refractivity contribution in [3.05, 3.63) is 53.8 Å². The molecule has 0 aliphatic heterocycles. The van der Waals surface area contributed by atoms with Gasteiger partial charge in [0.1, 0.15) is 11.6 Å². The third kappa shape index (κ3) is 3.89. The molecule has 0 unspecified atom stereocenters. The van der Waals surface area contributed by atoms with E-state index >= 15 is 0 Å². The minimum atomic E-state index is -0.364. The molecule has 0 radical (unpaired) electrons. The molecule has 0 amide bonds. The van der Waals surface area contributed by atoms with Gasteiger partial charge in [0.25, 0.3) is 0 Å². The summed E-state index contributed by atoms with van der Waals surface area (Å²) in [6.45, 7) is 2.62. The topological polar surface area (TPSA) is 35.2 Å². The van der Waals surface area contributed by atoms with Gasteiger partial charge in [-0.25, -0.2) is 4.39 Å². The lowest BCUT2D eigenvalue weighted by Gasteiger charge is -2.06. The van der Waals surface area contributed by atoms with Crippen molar-refractivity contribution < 1.29 is 9.13 Å². The largest absolute Gasteiger partial charge is 0.494 e. The maximum atomic E-state index is 13.3. The monoisotopic (exact) mass is 277 g/mol. The van der Waals surface area contributed by atoms with Gasteiger partial charge in [-0.1, -0.05) is 12.1 Å². The van der Waals surface area contributed by atoms with E-state index in [-0.39, 0.29) is 11.5 Å². The molecular formula is C15H16FNOS. The summed E-state index contributed by atoms with van der Waals surface area (Å²) in [5.41, 5.74) is 6.80. The Balaban J connectivity index is 1.96. The van der Waals surface area contributed by atoms with Gasteiger partial charge in [-0.3, -0.25) is 0 Å². The molecule has 2 rings (SSSR count). The van der Waals surface area contributed by atoms with Crippen LogP contribution in [0.5, 0.6) is 5.75 Å². The summed E-state index contributed by atoms with van der Waals surface area (Å²) in [6, 6.07) is 12.8. The second-order valence-corrected chi connectivity index (χ2v) is 5.10. The average molecular weight is 277 g/mol. The number of hydrogen-bond donors (Lipinski definition) is 1. The van der Waals surface area contributed by atoms with Crippen LogP contribution in [0.1, 0.15) is 12.5 Å². The summed E-state index contributed by atoms with van der Waals surface area (Å²) in [7, 11) is 0. The first kappa shape index (κ1) is 13.7. The average Bonchev–Trinajstić information content (AvgIpc) is 2.42. The van der Waals surface area contributed by atoms with Crippen LogP contribution in [0.3, 0.4) is 0 Å². The van der Waals surface area contributed by atoms with Crippen molar-refractivity contribution >= 4 is 17.4 Å². The van der Waals surface area contributed by atoms with Gasteiger partial charge in [0.05, 0.1) is 12.3 Å². The van der Waals surface area contributed by atoms with E-state index in [0.29, 0.717) is 6.61 Å². The fraction of sp³-hybridized carbons (Fsp3) is 0.200. The summed E-state index contributed by atoms with van der Waals surface area (Å²) in [4.78, 5) is 0.876. The molecule has 0 saturated heterocycles. The molecule has 4 heteroatoms. The Bertz CT molecular complexity index is 542. The van der Waals surface area contributed by atoms with Gasteiger partial charge in [0.2, 0.25) is 0 Å². The number of nitrogen functional groups attached to an aromatic ring is 1. The van der Waals surface area contributed by atoms with Crippen molar-refractivity contribution in [3.8, 4) is 5.75 Å². The van der Waals surface area contributed by atoms with Crippen molar-refractivity contribution in [2.75, 3.05) is 12.3 Å². The van der Waals surface area contributed by atoms with E-state index in [1.54, 1.807) is 17.8 Å². The van der Waals surface area contributed by atoms with Crippen LogP contribution >= 0.6 is 11.8 Å². The Labute approximate surface area is 116 Å². The van der Waals surface area contributed by atoms with E-state index in [1.807, 2.05) is 37.3 Å². The van der Waals surface area contributed by atoms with Crippen LogP contribution in [0, 0.1) is 5.82 Å². The molecule has 100 valence electrons. The summed E-state index contributed by atoms with van der Waals surface area (Å²) in [5.74, 6) is 1.29. The number of nitrogens with two attached hydrogens (primary N) is 1. The van der Waals surface area contributed by atoms with E-state index in [2.05, 4.69) is 0 Å². The first-order valence-corrected chi connectivity index (χ1v) is 7.07. The van der Waals surface area contributed by atoms with Crippen LogP contribution in [-0.2, 0) is 5.75 Å². The first-order valence-electron chi connectivity index (χ1n) is 6.08. The summed E-state index contributed by atoms with van der Waals surface area (Å²) >= 11 is 1.58. The molecular weight excluding hydrogens is 261 g/mol. The van der Waals surface area contributed by atoms with Crippen molar-refractivity contribution in [2.24, 2.45) is 0 Å². The molecule has 19 heavy (non-hydrogen) atoms. The quantitative estimate of drug-likeness (QED) is 0.660. The van der Waals surface area contributed by atoms with Gasteiger partial charge in [-0.2, -0.15) is 0 Å². The normalized spacial score (nSPS) is 10.4. The minimum absolute atomic E-state index is 0.186. The molecule has 0 fully saturated rings. The summed E-state index contributed by atoms with van der Waals surface area (Å²) < 4.78 is 18.7. The molecule has 2 aromatic rings. The van der Waals surface area contributed by atoms with Crippen LogP contribution in [-0.4, -0.2) is 6.61 Å². The SMILES string of the molecule is CCOc1ccc(CSc2ccc(N)c(F)c2)cc1. The minimum Gasteiger partial charge on any atom is -0.494 e. The van der Waals surface area contributed by atoms with E-state index in [1.165, 1.54) is 11.6 Å². The van der Waals surface area contributed by atoms with Crippen molar-refractivity contribution in [3.63, 3.8) is 0 Å². The van der Waals surface area contributed by atoms with Crippen LogP contribution in [0.25, 0.3) is 0 Å². The van der Waals surface area contributed by atoms with E-state index in [0.717, 1.165) is 16.4 Å². The molecule has 0 saturated carbocycles. The second-order valence-electron chi connectivity index (χ2n) is 4.05. The predicted octanol–water partition coefficient (Wildman–Crippen LogP) is 4.10. The van der Waals surface area contributed by atoms with Crippen LogP contribution in [0.15, 0.2) is 47.4 Å². The molecule has 2 nitrogen and oxygen atoms in total. The molecule has 0 aromatic heterocycles. The zero-order valence-electron chi connectivity index (χ0n) is 10.7. The van der Waals surface area contributed by atoms with Crippen LogP contribution in [0.2, 0.25) is 0 Å². The number of thioether (sulfide) groups is 1. The van der Waals surface area contributed by atoms with E-state index in [9.17, 15) is 4.39 Å². The van der Waals surface area contributed by atoms with Gasteiger partial charge in [0.15, 0.2) is 0 Å². The zero-order chi connectivity index (χ0) is 13.7. The molecule has 0 aliphatic rings. The van der Waals surface area contributed by atoms with Gasteiger partial charge in [-0.15, -0.1) is 11.8 Å². The van der Waals surface area contributed by atoms with Crippen molar-refractivity contribution in [1.82, 2.24) is 0 Å². The van der Waals surface area contributed by atoms with E-state index < -0.39 is 0 Å². The Morgan fingerprint density at radius 3 is 2.53 bits per heavy atom. The van der Waals surface area contributed by atoms with Gasteiger partial charge < -0.3 is 10.5 Å².